The average molecular weight is 282 g/mol. The van der Waals surface area contributed by atoms with Gasteiger partial charge in [-0.2, -0.15) is 0 Å². The molecule has 19 heavy (non-hydrogen) atoms. The fourth-order valence-electron chi connectivity index (χ4n) is 2.51. The van der Waals surface area contributed by atoms with E-state index in [0.717, 1.165) is 24.8 Å². The maximum atomic E-state index is 6.02. The molecule has 2 aliphatic rings. The summed E-state index contributed by atoms with van der Waals surface area (Å²) < 4.78 is 5.81. The molecule has 0 bridgehead atoms. The fourth-order valence-corrected chi connectivity index (χ4v) is 2.70. The largest absolute Gasteiger partial charge is 0.376 e. The lowest BCUT2D eigenvalue weighted by Crippen LogP contribution is -2.16. The highest BCUT2D eigenvalue weighted by molar-refractivity contribution is 6.29. The molecule has 1 heterocycles. The van der Waals surface area contributed by atoms with E-state index in [4.69, 9.17) is 16.3 Å². The second-order valence-electron chi connectivity index (χ2n) is 5.41. The molecule has 0 amide bonds. The third kappa shape index (κ3) is 3.80. The minimum absolute atomic E-state index is 0.470. The van der Waals surface area contributed by atoms with Crippen LogP contribution in [0.2, 0.25) is 5.15 Å². The van der Waals surface area contributed by atoms with Crippen LogP contribution >= 0.6 is 11.6 Å². The van der Waals surface area contributed by atoms with Crippen LogP contribution in [0.4, 0.5) is 5.82 Å². The molecule has 5 heteroatoms. The summed E-state index contributed by atoms with van der Waals surface area (Å²) in [5, 5.41) is 3.80. The van der Waals surface area contributed by atoms with Crippen LogP contribution in [0.5, 0.6) is 0 Å². The number of nitrogens with zero attached hydrogens (tertiary/aromatic N) is 2. The predicted octanol–water partition coefficient (Wildman–Crippen LogP) is 3.38. The standard InChI is InChI=1S/C14H20ClN3O/c15-12-9-13(18-14(17-12)10-5-6-10)16-7-8-19-11-3-1-2-4-11/h9-11H,1-8H2,(H,16,17,18). The van der Waals surface area contributed by atoms with Crippen molar-refractivity contribution in [3.05, 3.63) is 17.0 Å². The molecule has 1 N–H and O–H groups in total. The molecule has 0 radical (unpaired) electrons. The molecular formula is C14H20ClN3O. The van der Waals surface area contributed by atoms with Gasteiger partial charge in [0.2, 0.25) is 0 Å². The Labute approximate surface area is 118 Å². The quantitative estimate of drug-likeness (QED) is 0.641. The van der Waals surface area contributed by atoms with Gasteiger partial charge in [-0.15, -0.1) is 0 Å². The first kappa shape index (κ1) is 13.1. The minimum atomic E-state index is 0.470. The van der Waals surface area contributed by atoms with Crippen molar-refractivity contribution < 1.29 is 4.74 Å². The van der Waals surface area contributed by atoms with Crippen LogP contribution in [0, 0.1) is 0 Å². The number of anilines is 1. The molecule has 2 aliphatic carbocycles. The highest BCUT2D eigenvalue weighted by Crippen LogP contribution is 2.38. The summed E-state index contributed by atoms with van der Waals surface area (Å²) in [4.78, 5) is 8.77. The Morgan fingerprint density at radius 2 is 2.00 bits per heavy atom. The lowest BCUT2D eigenvalue weighted by molar-refractivity contribution is 0.0658. The van der Waals surface area contributed by atoms with Gasteiger partial charge in [0.05, 0.1) is 12.7 Å². The van der Waals surface area contributed by atoms with Gasteiger partial charge >= 0.3 is 0 Å². The Morgan fingerprint density at radius 1 is 1.21 bits per heavy atom. The molecule has 3 rings (SSSR count). The van der Waals surface area contributed by atoms with Gasteiger partial charge in [-0.1, -0.05) is 24.4 Å². The van der Waals surface area contributed by atoms with E-state index < -0.39 is 0 Å². The van der Waals surface area contributed by atoms with Crippen molar-refractivity contribution >= 4 is 17.4 Å². The van der Waals surface area contributed by atoms with Gasteiger partial charge in [-0.05, 0) is 25.7 Å². The van der Waals surface area contributed by atoms with Crippen molar-refractivity contribution in [3.8, 4) is 0 Å². The van der Waals surface area contributed by atoms with Crippen molar-refractivity contribution in [2.45, 2.75) is 50.5 Å². The van der Waals surface area contributed by atoms with Crippen LogP contribution in [0.3, 0.4) is 0 Å². The number of rotatable bonds is 6. The summed E-state index contributed by atoms with van der Waals surface area (Å²) >= 11 is 6.02. The van der Waals surface area contributed by atoms with Crippen molar-refractivity contribution in [1.29, 1.82) is 0 Å². The second kappa shape index (κ2) is 6.06. The predicted molar refractivity (Wildman–Crippen MR) is 75.7 cm³/mol. The third-order valence-electron chi connectivity index (χ3n) is 3.72. The summed E-state index contributed by atoms with van der Waals surface area (Å²) in [7, 11) is 0. The van der Waals surface area contributed by atoms with Crippen LogP contribution in [-0.4, -0.2) is 29.2 Å². The summed E-state index contributed by atoms with van der Waals surface area (Å²) in [6.45, 7) is 1.50. The first-order valence-corrected chi connectivity index (χ1v) is 7.59. The van der Waals surface area contributed by atoms with Crippen molar-refractivity contribution in [3.63, 3.8) is 0 Å². The van der Waals surface area contributed by atoms with E-state index >= 15 is 0 Å². The Balaban J connectivity index is 1.46. The molecule has 4 nitrogen and oxygen atoms in total. The van der Waals surface area contributed by atoms with Gasteiger partial charge in [-0.3, -0.25) is 0 Å². The fraction of sp³-hybridized carbons (Fsp3) is 0.714. The highest BCUT2D eigenvalue weighted by Gasteiger charge is 2.27. The van der Waals surface area contributed by atoms with Gasteiger partial charge in [0.15, 0.2) is 0 Å². The number of nitrogens with one attached hydrogen (secondary N) is 1. The summed E-state index contributed by atoms with van der Waals surface area (Å²) in [6, 6.07) is 1.78. The van der Waals surface area contributed by atoms with E-state index in [-0.39, 0.29) is 0 Å². The van der Waals surface area contributed by atoms with E-state index in [9.17, 15) is 0 Å². The van der Waals surface area contributed by atoms with Gasteiger partial charge in [0.1, 0.15) is 16.8 Å². The van der Waals surface area contributed by atoms with Crippen LogP contribution < -0.4 is 5.32 Å². The first-order valence-electron chi connectivity index (χ1n) is 7.21. The third-order valence-corrected chi connectivity index (χ3v) is 3.91. The number of halogens is 1. The van der Waals surface area contributed by atoms with E-state index in [1.165, 1.54) is 38.5 Å². The van der Waals surface area contributed by atoms with Gasteiger partial charge in [-0.25, -0.2) is 9.97 Å². The highest BCUT2D eigenvalue weighted by atomic mass is 35.5. The van der Waals surface area contributed by atoms with Gasteiger partial charge in [0.25, 0.3) is 0 Å². The zero-order valence-corrected chi connectivity index (χ0v) is 11.8. The smallest absolute Gasteiger partial charge is 0.135 e. The number of hydrogen-bond acceptors (Lipinski definition) is 4. The molecule has 0 aromatic carbocycles. The molecular weight excluding hydrogens is 262 g/mol. The van der Waals surface area contributed by atoms with E-state index in [1.54, 1.807) is 6.07 Å². The molecule has 0 spiro atoms. The molecule has 0 unspecified atom stereocenters. The molecule has 1 aromatic rings. The summed E-state index contributed by atoms with van der Waals surface area (Å²) in [6.07, 6.45) is 7.89. The summed E-state index contributed by atoms with van der Waals surface area (Å²) in [5.74, 6) is 2.22. The molecule has 0 saturated heterocycles. The SMILES string of the molecule is Clc1cc(NCCOC2CCCC2)nc(C2CC2)n1. The Hall–Kier alpha value is -0.870. The molecule has 2 fully saturated rings. The minimum Gasteiger partial charge on any atom is -0.376 e. The van der Waals surface area contributed by atoms with E-state index in [1.807, 2.05) is 0 Å². The van der Waals surface area contributed by atoms with Crippen LogP contribution in [-0.2, 0) is 4.74 Å². The lowest BCUT2D eigenvalue weighted by Gasteiger charge is -2.12. The van der Waals surface area contributed by atoms with E-state index in [2.05, 4.69) is 15.3 Å². The molecule has 1 aromatic heterocycles. The normalized spacial score (nSPS) is 19.8. The molecule has 0 aliphatic heterocycles. The van der Waals surface area contributed by atoms with Crippen molar-refractivity contribution in [1.82, 2.24) is 9.97 Å². The first-order chi connectivity index (χ1) is 9.31. The number of ether oxygens (including phenoxy) is 1. The number of hydrogen-bond donors (Lipinski definition) is 1. The Morgan fingerprint density at radius 3 is 2.74 bits per heavy atom. The van der Waals surface area contributed by atoms with Crippen LogP contribution in [0.15, 0.2) is 6.07 Å². The van der Waals surface area contributed by atoms with Gasteiger partial charge in [0, 0.05) is 18.5 Å². The lowest BCUT2D eigenvalue weighted by atomic mass is 10.3. The zero-order chi connectivity index (χ0) is 13.1. The second-order valence-corrected chi connectivity index (χ2v) is 5.80. The summed E-state index contributed by atoms with van der Waals surface area (Å²) in [5.41, 5.74) is 0. The topological polar surface area (TPSA) is 47.0 Å². The van der Waals surface area contributed by atoms with Crippen molar-refractivity contribution in [2.75, 3.05) is 18.5 Å². The van der Waals surface area contributed by atoms with Crippen molar-refractivity contribution in [2.24, 2.45) is 0 Å². The maximum absolute atomic E-state index is 6.02. The maximum Gasteiger partial charge on any atom is 0.135 e. The Bertz CT molecular complexity index is 431. The molecule has 104 valence electrons. The molecule has 0 atom stereocenters. The monoisotopic (exact) mass is 281 g/mol. The van der Waals surface area contributed by atoms with E-state index in [0.29, 0.717) is 17.2 Å². The number of aromatic nitrogens is 2. The zero-order valence-electron chi connectivity index (χ0n) is 11.1. The molecule has 2 saturated carbocycles. The Kier molecular flexibility index (Phi) is 4.18. The van der Waals surface area contributed by atoms with Crippen LogP contribution in [0.1, 0.15) is 50.3 Å². The van der Waals surface area contributed by atoms with Crippen LogP contribution in [0.25, 0.3) is 0 Å². The van der Waals surface area contributed by atoms with Gasteiger partial charge < -0.3 is 10.1 Å². The average Bonchev–Trinajstić information content (AvgIpc) is 3.12.